The summed E-state index contributed by atoms with van der Waals surface area (Å²) < 4.78 is 11.5. The highest BCUT2D eigenvalue weighted by atomic mass is 79.9. The van der Waals surface area contributed by atoms with Gasteiger partial charge in [-0.25, -0.2) is 0 Å². The zero-order chi connectivity index (χ0) is 13.9. The minimum atomic E-state index is 0.235. The molecular weight excluding hydrogens is 318 g/mol. The fourth-order valence-corrected chi connectivity index (χ4v) is 2.43. The molecule has 3 nitrogen and oxygen atoms in total. The fourth-order valence-electron chi connectivity index (χ4n) is 2.00. The third kappa shape index (κ3) is 2.40. The van der Waals surface area contributed by atoms with E-state index in [2.05, 4.69) is 22.0 Å². The SMILES string of the molecule is N#C/C(=C\c1cc2c(cc1Br)OCO2)c1ccccc1. The minimum absolute atomic E-state index is 0.235. The molecule has 0 atom stereocenters. The first kappa shape index (κ1) is 12.8. The average Bonchev–Trinajstić information content (AvgIpc) is 2.92. The van der Waals surface area contributed by atoms with Gasteiger partial charge >= 0.3 is 0 Å². The van der Waals surface area contributed by atoms with Gasteiger partial charge in [-0.15, -0.1) is 0 Å². The van der Waals surface area contributed by atoms with Crippen LogP contribution in [0.1, 0.15) is 11.1 Å². The summed E-state index contributed by atoms with van der Waals surface area (Å²) in [6.07, 6.45) is 1.83. The molecule has 1 aliphatic heterocycles. The van der Waals surface area contributed by atoms with Crippen LogP contribution in [0.4, 0.5) is 0 Å². The van der Waals surface area contributed by atoms with E-state index in [-0.39, 0.29) is 6.79 Å². The highest BCUT2D eigenvalue weighted by Gasteiger charge is 2.15. The Balaban J connectivity index is 2.05. The van der Waals surface area contributed by atoms with E-state index in [0.717, 1.165) is 15.6 Å². The van der Waals surface area contributed by atoms with E-state index >= 15 is 0 Å². The van der Waals surface area contributed by atoms with Crippen molar-refractivity contribution >= 4 is 27.6 Å². The number of hydrogen-bond acceptors (Lipinski definition) is 3. The van der Waals surface area contributed by atoms with Gasteiger partial charge in [-0.1, -0.05) is 46.3 Å². The second-order valence-corrected chi connectivity index (χ2v) is 5.12. The Kier molecular flexibility index (Phi) is 3.44. The summed E-state index contributed by atoms with van der Waals surface area (Å²) >= 11 is 3.49. The Labute approximate surface area is 125 Å². The van der Waals surface area contributed by atoms with E-state index in [1.54, 1.807) is 0 Å². The lowest BCUT2D eigenvalue weighted by molar-refractivity contribution is 0.174. The normalized spacial score (nSPS) is 13.1. The highest BCUT2D eigenvalue weighted by molar-refractivity contribution is 9.10. The fraction of sp³-hybridized carbons (Fsp3) is 0.0625. The third-order valence-electron chi connectivity index (χ3n) is 3.00. The number of ether oxygens (including phenoxy) is 2. The van der Waals surface area contributed by atoms with Crippen molar-refractivity contribution < 1.29 is 9.47 Å². The number of rotatable bonds is 2. The quantitative estimate of drug-likeness (QED) is 0.612. The molecule has 4 heteroatoms. The summed E-state index contributed by atoms with van der Waals surface area (Å²) in [5.74, 6) is 1.41. The van der Waals surface area contributed by atoms with Gasteiger partial charge in [0.25, 0.3) is 0 Å². The van der Waals surface area contributed by atoms with Crippen molar-refractivity contribution in [3.05, 3.63) is 58.1 Å². The lowest BCUT2D eigenvalue weighted by Crippen LogP contribution is -1.92. The first-order valence-electron chi connectivity index (χ1n) is 6.04. The van der Waals surface area contributed by atoms with Crippen LogP contribution in [-0.4, -0.2) is 6.79 Å². The Morgan fingerprint density at radius 2 is 1.85 bits per heavy atom. The minimum Gasteiger partial charge on any atom is -0.454 e. The van der Waals surface area contributed by atoms with Crippen molar-refractivity contribution in [1.29, 1.82) is 5.26 Å². The summed E-state index contributed by atoms with van der Waals surface area (Å²) in [6, 6.07) is 15.5. The van der Waals surface area contributed by atoms with Gasteiger partial charge in [0.05, 0.1) is 11.6 Å². The summed E-state index contributed by atoms with van der Waals surface area (Å²) in [5.41, 5.74) is 2.37. The highest BCUT2D eigenvalue weighted by Crippen LogP contribution is 2.38. The van der Waals surface area contributed by atoms with Crippen molar-refractivity contribution in [2.75, 3.05) is 6.79 Å². The lowest BCUT2D eigenvalue weighted by Gasteiger charge is -2.04. The smallest absolute Gasteiger partial charge is 0.231 e. The van der Waals surface area contributed by atoms with Gasteiger partial charge in [-0.3, -0.25) is 0 Å². The van der Waals surface area contributed by atoms with Crippen molar-refractivity contribution in [2.24, 2.45) is 0 Å². The molecule has 2 aromatic carbocycles. The molecule has 0 saturated heterocycles. The maximum absolute atomic E-state index is 9.34. The number of nitrogens with zero attached hydrogens (tertiary/aromatic N) is 1. The molecule has 0 aromatic heterocycles. The summed E-state index contributed by atoms with van der Waals surface area (Å²) in [6.45, 7) is 0.235. The van der Waals surface area contributed by atoms with E-state index in [9.17, 15) is 5.26 Å². The molecule has 0 N–H and O–H groups in total. The van der Waals surface area contributed by atoms with E-state index in [1.807, 2.05) is 48.5 Å². The maximum Gasteiger partial charge on any atom is 0.231 e. The third-order valence-corrected chi connectivity index (χ3v) is 3.68. The molecule has 3 rings (SSSR count). The van der Waals surface area contributed by atoms with Gasteiger partial charge in [0, 0.05) is 4.47 Å². The summed E-state index contributed by atoms with van der Waals surface area (Å²) in [7, 11) is 0. The van der Waals surface area contributed by atoms with Gasteiger partial charge in [-0.05, 0) is 29.3 Å². The van der Waals surface area contributed by atoms with E-state index in [0.29, 0.717) is 17.1 Å². The second kappa shape index (κ2) is 5.40. The molecule has 0 unspecified atom stereocenters. The van der Waals surface area contributed by atoms with Gasteiger partial charge in [-0.2, -0.15) is 5.26 Å². The second-order valence-electron chi connectivity index (χ2n) is 4.26. The van der Waals surface area contributed by atoms with Crippen LogP contribution in [0.25, 0.3) is 11.6 Å². The molecule has 0 spiro atoms. The van der Waals surface area contributed by atoms with Crippen LogP contribution in [0.5, 0.6) is 11.5 Å². The Morgan fingerprint density at radius 1 is 1.15 bits per heavy atom. The van der Waals surface area contributed by atoms with Gasteiger partial charge < -0.3 is 9.47 Å². The number of fused-ring (bicyclic) bond motifs is 1. The Morgan fingerprint density at radius 3 is 2.55 bits per heavy atom. The first-order valence-corrected chi connectivity index (χ1v) is 6.83. The summed E-state index contributed by atoms with van der Waals surface area (Å²) in [4.78, 5) is 0. The zero-order valence-electron chi connectivity index (χ0n) is 10.5. The molecule has 2 aromatic rings. The Bertz CT molecular complexity index is 717. The summed E-state index contributed by atoms with van der Waals surface area (Å²) in [5, 5.41) is 9.34. The molecule has 98 valence electrons. The Hall–Kier alpha value is -2.25. The van der Waals surface area contributed by atoms with Crippen molar-refractivity contribution in [1.82, 2.24) is 0 Å². The van der Waals surface area contributed by atoms with Gasteiger partial charge in [0.2, 0.25) is 6.79 Å². The van der Waals surface area contributed by atoms with Crippen LogP contribution in [0.2, 0.25) is 0 Å². The van der Waals surface area contributed by atoms with Crippen LogP contribution in [0.3, 0.4) is 0 Å². The van der Waals surface area contributed by atoms with Crippen LogP contribution >= 0.6 is 15.9 Å². The molecule has 0 fully saturated rings. The first-order chi connectivity index (χ1) is 9.78. The molecule has 0 saturated carbocycles. The van der Waals surface area contributed by atoms with E-state index in [4.69, 9.17) is 9.47 Å². The van der Waals surface area contributed by atoms with Crippen LogP contribution < -0.4 is 9.47 Å². The molecule has 0 bridgehead atoms. The maximum atomic E-state index is 9.34. The molecule has 0 amide bonds. The standard InChI is InChI=1S/C16H10BrNO2/c17-14-8-16-15(19-10-20-16)7-12(14)6-13(9-18)11-4-2-1-3-5-11/h1-8H,10H2/b13-6+. The van der Waals surface area contributed by atoms with E-state index < -0.39 is 0 Å². The predicted octanol–water partition coefficient (Wildman–Crippen LogP) is 4.24. The van der Waals surface area contributed by atoms with Crippen molar-refractivity contribution in [3.8, 4) is 17.6 Å². The largest absolute Gasteiger partial charge is 0.454 e. The van der Waals surface area contributed by atoms with Crippen LogP contribution in [0.15, 0.2) is 46.9 Å². The van der Waals surface area contributed by atoms with E-state index in [1.165, 1.54) is 0 Å². The molecule has 1 heterocycles. The van der Waals surface area contributed by atoms with Crippen molar-refractivity contribution in [3.63, 3.8) is 0 Å². The number of benzene rings is 2. The number of nitriles is 1. The molecular formula is C16H10BrNO2. The van der Waals surface area contributed by atoms with Crippen LogP contribution in [-0.2, 0) is 0 Å². The molecule has 20 heavy (non-hydrogen) atoms. The van der Waals surface area contributed by atoms with Gasteiger partial charge in [0.1, 0.15) is 0 Å². The molecule has 0 aliphatic carbocycles. The number of hydrogen-bond donors (Lipinski definition) is 0. The number of halogens is 1. The van der Waals surface area contributed by atoms with Crippen LogP contribution in [0, 0.1) is 11.3 Å². The zero-order valence-corrected chi connectivity index (χ0v) is 12.1. The lowest BCUT2D eigenvalue weighted by atomic mass is 10.0. The number of allylic oxidation sites excluding steroid dienone is 1. The predicted molar refractivity (Wildman–Crippen MR) is 80.2 cm³/mol. The topological polar surface area (TPSA) is 42.2 Å². The average molecular weight is 328 g/mol. The van der Waals surface area contributed by atoms with Gasteiger partial charge in [0.15, 0.2) is 11.5 Å². The molecule has 1 aliphatic rings. The monoisotopic (exact) mass is 327 g/mol. The van der Waals surface area contributed by atoms with Crippen molar-refractivity contribution in [2.45, 2.75) is 0 Å². The molecule has 0 radical (unpaired) electrons.